The number of aromatic nitrogens is 3. The second-order valence-electron chi connectivity index (χ2n) is 2.90. The number of nitrogens with zero attached hydrogens (tertiary/aromatic N) is 2. The minimum Gasteiger partial charge on any atom is -0.354 e. The van der Waals surface area contributed by atoms with E-state index in [1.54, 1.807) is 0 Å². The molecule has 0 spiro atoms. The number of fused-ring (bicyclic) bond motifs is 1. The standard InChI is InChI=1S/C9H8N4O2/c1-10-9(15)6-2-5-7(3-11-6)12-4-13-8(5)14/h2-4H,1H3,(H,10,15)(H,12,13,14). The summed E-state index contributed by atoms with van der Waals surface area (Å²) >= 11 is 0. The van der Waals surface area contributed by atoms with Gasteiger partial charge in [-0.2, -0.15) is 0 Å². The van der Waals surface area contributed by atoms with Crippen molar-refractivity contribution in [2.24, 2.45) is 0 Å². The van der Waals surface area contributed by atoms with Gasteiger partial charge in [-0.15, -0.1) is 0 Å². The topological polar surface area (TPSA) is 87.7 Å². The zero-order valence-electron chi connectivity index (χ0n) is 7.94. The Morgan fingerprint density at radius 1 is 1.47 bits per heavy atom. The summed E-state index contributed by atoms with van der Waals surface area (Å²) in [6.07, 6.45) is 2.70. The van der Waals surface area contributed by atoms with Crippen LogP contribution in [0.3, 0.4) is 0 Å². The second kappa shape index (κ2) is 3.49. The first-order chi connectivity index (χ1) is 7.22. The van der Waals surface area contributed by atoms with Gasteiger partial charge in [-0.05, 0) is 6.07 Å². The highest BCUT2D eigenvalue weighted by atomic mass is 16.1. The first-order valence-electron chi connectivity index (χ1n) is 4.28. The normalized spacial score (nSPS) is 10.2. The molecule has 0 unspecified atom stereocenters. The number of H-pyrrole nitrogens is 1. The molecule has 0 aliphatic carbocycles. The van der Waals surface area contributed by atoms with Gasteiger partial charge in [0.25, 0.3) is 11.5 Å². The van der Waals surface area contributed by atoms with Crippen molar-refractivity contribution >= 4 is 16.8 Å². The Morgan fingerprint density at radius 3 is 3.00 bits per heavy atom. The number of pyridine rings is 1. The van der Waals surface area contributed by atoms with Gasteiger partial charge in [0.2, 0.25) is 0 Å². The number of aromatic amines is 1. The molecule has 0 fully saturated rings. The molecule has 2 rings (SSSR count). The smallest absolute Gasteiger partial charge is 0.269 e. The summed E-state index contributed by atoms with van der Waals surface area (Å²) in [5.41, 5.74) is 0.377. The molecular weight excluding hydrogens is 196 g/mol. The molecule has 0 bridgehead atoms. The summed E-state index contributed by atoms with van der Waals surface area (Å²) in [5.74, 6) is -0.333. The average Bonchev–Trinajstić information content (AvgIpc) is 2.28. The number of rotatable bonds is 1. The fourth-order valence-electron chi connectivity index (χ4n) is 1.22. The van der Waals surface area contributed by atoms with E-state index in [2.05, 4.69) is 20.3 Å². The Labute approximate surface area is 84.4 Å². The third-order valence-electron chi connectivity index (χ3n) is 1.99. The lowest BCUT2D eigenvalue weighted by Gasteiger charge is -1.99. The maximum Gasteiger partial charge on any atom is 0.269 e. The van der Waals surface area contributed by atoms with Crippen molar-refractivity contribution in [1.82, 2.24) is 20.3 Å². The molecule has 0 saturated carbocycles. The summed E-state index contributed by atoms with van der Waals surface area (Å²) in [5, 5.41) is 2.78. The van der Waals surface area contributed by atoms with E-state index in [0.717, 1.165) is 0 Å². The molecule has 0 radical (unpaired) electrons. The molecule has 15 heavy (non-hydrogen) atoms. The lowest BCUT2D eigenvalue weighted by molar-refractivity contribution is 0.0958. The highest BCUT2D eigenvalue weighted by Gasteiger charge is 2.07. The van der Waals surface area contributed by atoms with Crippen LogP contribution < -0.4 is 10.9 Å². The van der Waals surface area contributed by atoms with Crippen LogP contribution in [0.25, 0.3) is 10.9 Å². The molecular formula is C9H8N4O2. The molecule has 0 aliphatic heterocycles. The van der Waals surface area contributed by atoms with Crippen LogP contribution in [0.1, 0.15) is 10.5 Å². The lowest BCUT2D eigenvalue weighted by atomic mass is 10.2. The van der Waals surface area contributed by atoms with Crippen LogP contribution in [0.5, 0.6) is 0 Å². The molecule has 0 atom stereocenters. The third-order valence-corrected chi connectivity index (χ3v) is 1.99. The van der Waals surface area contributed by atoms with Gasteiger partial charge in [-0.25, -0.2) is 9.97 Å². The van der Waals surface area contributed by atoms with E-state index in [4.69, 9.17) is 0 Å². The minimum absolute atomic E-state index is 0.198. The number of nitrogens with one attached hydrogen (secondary N) is 2. The Hall–Kier alpha value is -2.24. The molecule has 6 heteroatoms. The third kappa shape index (κ3) is 1.56. The fourth-order valence-corrected chi connectivity index (χ4v) is 1.22. The van der Waals surface area contributed by atoms with Crippen molar-refractivity contribution in [3.63, 3.8) is 0 Å². The number of carbonyl (C=O) groups is 1. The van der Waals surface area contributed by atoms with Crippen LogP contribution in [0.15, 0.2) is 23.4 Å². The van der Waals surface area contributed by atoms with Gasteiger partial charge in [-0.3, -0.25) is 9.59 Å². The van der Waals surface area contributed by atoms with Gasteiger partial charge in [-0.1, -0.05) is 0 Å². The van der Waals surface area contributed by atoms with E-state index in [0.29, 0.717) is 10.9 Å². The summed E-state index contributed by atoms with van der Waals surface area (Å²) in [4.78, 5) is 32.9. The summed E-state index contributed by atoms with van der Waals surface area (Å²) in [7, 11) is 1.50. The van der Waals surface area contributed by atoms with Crippen LogP contribution in [-0.4, -0.2) is 27.9 Å². The molecule has 0 aliphatic rings. The summed E-state index contributed by atoms with van der Waals surface area (Å²) in [6.45, 7) is 0. The van der Waals surface area contributed by atoms with Crippen LogP contribution in [0.2, 0.25) is 0 Å². The summed E-state index contributed by atoms with van der Waals surface area (Å²) in [6, 6.07) is 1.42. The lowest BCUT2D eigenvalue weighted by Crippen LogP contribution is -2.19. The van der Waals surface area contributed by atoms with Gasteiger partial charge in [0, 0.05) is 7.05 Å². The quantitative estimate of drug-likeness (QED) is 0.666. The molecule has 0 aromatic carbocycles. The van der Waals surface area contributed by atoms with Crippen molar-refractivity contribution in [3.8, 4) is 0 Å². The van der Waals surface area contributed by atoms with E-state index in [9.17, 15) is 9.59 Å². The predicted molar refractivity (Wildman–Crippen MR) is 53.5 cm³/mol. The Morgan fingerprint density at radius 2 is 2.27 bits per heavy atom. The number of hydrogen-bond acceptors (Lipinski definition) is 4. The van der Waals surface area contributed by atoms with Gasteiger partial charge in [0.1, 0.15) is 5.69 Å². The molecule has 6 nitrogen and oxygen atoms in total. The Kier molecular flexibility index (Phi) is 2.17. The fraction of sp³-hybridized carbons (Fsp3) is 0.111. The highest BCUT2D eigenvalue weighted by molar-refractivity contribution is 5.95. The maximum atomic E-state index is 11.4. The van der Waals surface area contributed by atoms with Crippen LogP contribution in [0.4, 0.5) is 0 Å². The first kappa shape index (κ1) is 9.32. The maximum absolute atomic E-state index is 11.4. The van der Waals surface area contributed by atoms with E-state index in [1.165, 1.54) is 25.6 Å². The number of amides is 1. The summed E-state index contributed by atoms with van der Waals surface area (Å²) < 4.78 is 0. The Balaban J connectivity index is 2.70. The second-order valence-corrected chi connectivity index (χ2v) is 2.90. The number of carbonyl (C=O) groups excluding carboxylic acids is 1. The van der Waals surface area contributed by atoms with Crippen LogP contribution >= 0.6 is 0 Å². The van der Waals surface area contributed by atoms with Crippen LogP contribution in [-0.2, 0) is 0 Å². The van der Waals surface area contributed by atoms with Crippen molar-refractivity contribution in [3.05, 3.63) is 34.6 Å². The predicted octanol–water partition coefficient (Wildman–Crippen LogP) is -0.322. The van der Waals surface area contributed by atoms with Crippen molar-refractivity contribution in [2.45, 2.75) is 0 Å². The number of hydrogen-bond donors (Lipinski definition) is 2. The van der Waals surface area contributed by atoms with Crippen molar-refractivity contribution in [2.75, 3.05) is 7.05 Å². The van der Waals surface area contributed by atoms with Gasteiger partial charge < -0.3 is 10.3 Å². The van der Waals surface area contributed by atoms with Crippen molar-refractivity contribution < 1.29 is 4.79 Å². The molecule has 2 N–H and O–H groups in total. The SMILES string of the molecule is CNC(=O)c1cc2c(=O)[nH]cnc2cn1. The van der Waals surface area contributed by atoms with E-state index >= 15 is 0 Å². The van der Waals surface area contributed by atoms with Gasteiger partial charge in [0.05, 0.1) is 23.4 Å². The van der Waals surface area contributed by atoms with Gasteiger partial charge in [0.15, 0.2) is 0 Å². The molecule has 2 aromatic rings. The van der Waals surface area contributed by atoms with E-state index in [1.807, 2.05) is 0 Å². The zero-order valence-corrected chi connectivity index (χ0v) is 7.94. The van der Waals surface area contributed by atoms with Crippen LogP contribution in [0, 0.1) is 0 Å². The molecule has 1 amide bonds. The van der Waals surface area contributed by atoms with E-state index in [-0.39, 0.29) is 17.2 Å². The average molecular weight is 204 g/mol. The highest BCUT2D eigenvalue weighted by Crippen LogP contribution is 2.05. The molecule has 2 aromatic heterocycles. The largest absolute Gasteiger partial charge is 0.354 e. The molecule has 0 saturated heterocycles. The Bertz CT molecular complexity index is 576. The van der Waals surface area contributed by atoms with E-state index < -0.39 is 0 Å². The molecule has 76 valence electrons. The zero-order chi connectivity index (χ0) is 10.8. The van der Waals surface area contributed by atoms with Gasteiger partial charge >= 0.3 is 0 Å². The minimum atomic E-state index is -0.333. The monoisotopic (exact) mass is 204 g/mol. The first-order valence-corrected chi connectivity index (χ1v) is 4.28. The molecule has 2 heterocycles. The van der Waals surface area contributed by atoms with Crippen molar-refractivity contribution in [1.29, 1.82) is 0 Å².